The zero-order chi connectivity index (χ0) is 16.5. The van der Waals surface area contributed by atoms with Crippen molar-refractivity contribution in [3.8, 4) is 0 Å². The Morgan fingerprint density at radius 1 is 1.18 bits per heavy atom. The van der Waals surface area contributed by atoms with Gasteiger partial charge in [0.25, 0.3) is 0 Å². The van der Waals surface area contributed by atoms with Gasteiger partial charge in [-0.2, -0.15) is 0 Å². The molecule has 2 rings (SSSR count). The third-order valence-corrected chi connectivity index (χ3v) is 3.33. The second-order valence-corrected chi connectivity index (χ2v) is 7.59. The highest BCUT2D eigenvalue weighted by atomic mass is 16.4. The largest absolute Gasteiger partial charge is 0.420 e. The molecule has 2 aromatic rings. The summed E-state index contributed by atoms with van der Waals surface area (Å²) in [5, 5.41) is 3.00. The number of aromatic nitrogens is 1. The third-order valence-electron chi connectivity index (χ3n) is 3.33. The van der Waals surface area contributed by atoms with E-state index < -0.39 is 5.76 Å². The van der Waals surface area contributed by atoms with Crippen molar-refractivity contribution in [3.63, 3.8) is 0 Å². The SMILES string of the molecule is CC(C)(C)CC(C)(C)NC(=O)Cn1c(=O)oc2ccccc21. The number of benzene rings is 1. The lowest BCUT2D eigenvalue weighted by Crippen LogP contribution is -2.47. The number of hydrogen-bond acceptors (Lipinski definition) is 3. The molecule has 120 valence electrons. The summed E-state index contributed by atoms with van der Waals surface area (Å²) in [6, 6.07) is 7.10. The summed E-state index contributed by atoms with van der Waals surface area (Å²) >= 11 is 0. The number of nitrogens with one attached hydrogen (secondary N) is 1. The van der Waals surface area contributed by atoms with Crippen LogP contribution < -0.4 is 11.1 Å². The van der Waals surface area contributed by atoms with Crippen molar-refractivity contribution in [2.24, 2.45) is 5.41 Å². The summed E-state index contributed by atoms with van der Waals surface area (Å²) in [6.45, 7) is 10.3. The van der Waals surface area contributed by atoms with E-state index in [0.717, 1.165) is 6.42 Å². The molecule has 1 heterocycles. The second-order valence-electron chi connectivity index (χ2n) is 7.59. The second kappa shape index (κ2) is 5.63. The van der Waals surface area contributed by atoms with Crippen molar-refractivity contribution in [1.82, 2.24) is 9.88 Å². The molecular formula is C17H24N2O3. The number of fused-ring (bicyclic) bond motifs is 1. The molecule has 22 heavy (non-hydrogen) atoms. The minimum atomic E-state index is -0.509. The van der Waals surface area contributed by atoms with Crippen LogP contribution in [0.2, 0.25) is 0 Å². The number of carbonyl (C=O) groups excluding carboxylic acids is 1. The first-order valence-corrected chi connectivity index (χ1v) is 7.47. The van der Waals surface area contributed by atoms with Crippen LogP contribution in [0.5, 0.6) is 0 Å². The van der Waals surface area contributed by atoms with Gasteiger partial charge in [-0.15, -0.1) is 0 Å². The van der Waals surface area contributed by atoms with E-state index in [0.29, 0.717) is 11.1 Å². The number of para-hydroxylation sites is 2. The Labute approximate surface area is 130 Å². The molecule has 0 fully saturated rings. The average molecular weight is 304 g/mol. The first kappa shape index (κ1) is 16.3. The molecule has 1 aromatic heterocycles. The van der Waals surface area contributed by atoms with Crippen LogP contribution >= 0.6 is 0 Å². The number of nitrogens with zero attached hydrogens (tertiary/aromatic N) is 1. The maximum Gasteiger partial charge on any atom is 0.420 e. The Kier molecular flexibility index (Phi) is 4.18. The molecule has 5 nitrogen and oxygen atoms in total. The fourth-order valence-corrected chi connectivity index (χ4v) is 3.09. The first-order valence-electron chi connectivity index (χ1n) is 7.47. The molecule has 0 spiro atoms. The Morgan fingerprint density at radius 3 is 2.45 bits per heavy atom. The van der Waals surface area contributed by atoms with Gasteiger partial charge in [-0.25, -0.2) is 4.79 Å². The highest BCUT2D eigenvalue weighted by molar-refractivity contribution is 5.79. The summed E-state index contributed by atoms with van der Waals surface area (Å²) in [4.78, 5) is 24.2. The Balaban J connectivity index is 2.15. The van der Waals surface area contributed by atoms with Crippen molar-refractivity contribution in [3.05, 3.63) is 34.8 Å². The number of oxazole rings is 1. The van der Waals surface area contributed by atoms with Crippen molar-refractivity contribution in [1.29, 1.82) is 0 Å². The Bertz CT molecular complexity index is 732. The van der Waals surface area contributed by atoms with Gasteiger partial charge in [0.05, 0.1) is 5.52 Å². The quantitative estimate of drug-likeness (QED) is 0.944. The van der Waals surface area contributed by atoms with Gasteiger partial charge in [0, 0.05) is 5.54 Å². The third kappa shape index (κ3) is 4.00. The Hall–Kier alpha value is -2.04. The summed E-state index contributed by atoms with van der Waals surface area (Å²) < 4.78 is 6.50. The molecule has 0 aliphatic carbocycles. The maximum atomic E-state index is 12.3. The molecule has 0 aliphatic heterocycles. The number of rotatable bonds is 4. The van der Waals surface area contributed by atoms with Crippen LogP contribution in [-0.2, 0) is 11.3 Å². The molecule has 0 saturated carbocycles. The van der Waals surface area contributed by atoms with Crippen LogP contribution in [0, 0.1) is 5.41 Å². The van der Waals surface area contributed by atoms with Crippen molar-refractivity contribution in [2.45, 2.75) is 53.1 Å². The van der Waals surface area contributed by atoms with Crippen LogP contribution in [0.15, 0.2) is 33.5 Å². The van der Waals surface area contributed by atoms with E-state index in [-0.39, 0.29) is 23.4 Å². The standard InChI is InChI=1S/C17H24N2O3/c1-16(2,3)11-17(4,5)18-14(20)10-19-12-8-6-7-9-13(12)22-15(19)21/h6-9H,10-11H2,1-5H3,(H,18,20). The summed E-state index contributed by atoms with van der Waals surface area (Å²) in [5.41, 5.74) is 0.902. The summed E-state index contributed by atoms with van der Waals surface area (Å²) in [6.07, 6.45) is 0.840. The fourth-order valence-electron chi connectivity index (χ4n) is 3.09. The van der Waals surface area contributed by atoms with Crippen LogP contribution in [0.25, 0.3) is 11.1 Å². The lowest BCUT2D eigenvalue weighted by molar-refractivity contribution is -0.123. The zero-order valence-corrected chi connectivity index (χ0v) is 13.9. The number of amides is 1. The van der Waals surface area contributed by atoms with Gasteiger partial charge in [0.1, 0.15) is 6.54 Å². The van der Waals surface area contributed by atoms with E-state index in [2.05, 4.69) is 26.1 Å². The van der Waals surface area contributed by atoms with E-state index in [1.165, 1.54) is 4.57 Å². The van der Waals surface area contributed by atoms with Gasteiger partial charge in [-0.05, 0) is 37.8 Å². The molecule has 0 radical (unpaired) electrons. The predicted octanol–water partition coefficient (Wildman–Crippen LogP) is 2.93. The monoisotopic (exact) mass is 304 g/mol. The minimum absolute atomic E-state index is 0.0383. The summed E-state index contributed by atoms with van der Waals surface area (Å²) in [7, 11) is 0. The predicted molar refractivity (Wildman–Crippen MR) is 86.8 cm³/mol. The summed E-state index contributed by atoms with van der Waals surface area (Å²) in [5.74, 6) is -0.701. The van der Waals surface area contributed by atoms with E-state index >= 15 is 0 Å². The molecule has 0 saturated heterocycles. The van der Waals surface area contributed by atoms with E-state index in [1.54, 1.807) is 18.2 Å². The van der Waals surface area contributed by atoms with Gasteiger partial charge in [-0.3, -0.25) is 9.36 Å². The van der Waals surface area contributed by atoms with Crippen LogP contribution in [0.1, 0.15) is 41.0 Å². The van der Waals surface area contributed by atoms with Gasteiger partial charge in [0.2, 0.25) is 5.91 Å². The smallest absolute Gasteiger partial charge is 0.408 e. The molecule has 1 N–H and O–H groups in total. The average Bonchev–Trinajstić information content (AvgIpc) is 2.62. The van der Waals surface area contributed by atoms with E-state index in [4.69, 9.17) is 4.42 Å². The Morgan fingerprint density at radius 2 is 1.82 bits per heavy atom. The molecule has 1 amide bonds. The fraction of sp³-hybridized carbons (Fsp3) is 0.529. The van der Waals surface area contributed by atoms with Crippen molar-refractivity contribution >= 4 is 17.0 Å². The molecule has 5 heteroatoms. The minimum Gasteiger partial charge on any atom is -0.408 e. The van der Waals surface area contributed by atoms with E-state index in [9.17, 15) is 9.59 Å². The van der Waals surface area contributed by atoms with Crippen molar-refractivity contribution < 1.29 is 9.21 Å². The van der Waals surface area contributed by atoms with Crippen LogP contribution in [0.3, 0.4) is 0 Å². The number of carbonyl (C=O) groups is 1. The first-order chi connectivity index (χ1) is 10.1. The van der Waals surface area contributed by atoms with Gasteiger partial charge in [-0.1, -0.05) is 32.9 Å². The maximum absolute atomic E-state index is 12.3. The van der Waals surface area contributed by atoms with Gasteiger partial charge >= 0.3 is 5.76 Å². The number of hydrogen-bond donors (Lipinski definition) is 1. The van der Waals surface area contributed by atoms with Crippen LogP contribution in [0.4, 0.5) is 0 Å². The van der Waals surface area contributed by atoms with Gasteiger partial charge in [0.15, 0.2) is 5.58 Å². The molecule has 0 atom stereocenters. The highest BCUT2D eigenvalue weighted by Gasteiger charge is 2.27. The zero-order valence-electron chi connectivity index (χ0n) is 13.9. The van der Waals surface area contributed by atoms with Crippen LogP contribution in [-0.4, -0.2) is 16.0 Å². The lowest BCUT2D eigenvalue weighted by Gasteiger charge is -2.33. The van der Waals surface area contributed by atoms with Gasteiger partial charge < -0.3 is 9.73 Å². The molecular weight excluding hydrogens is 280 g/mol. The topological polar surface area (TPSA) is 64.2 Å². The van der Waals surface area contributed by atoms with E-state index in [1.807, 2.05) is 19.9 Å². The highest BCUT2D eigenvalue weighted by Crippen LogP contribution is 2.26. The molecule has 0 bridgehead atoms. The normalized spacial score (nSPS) is 12.6. The van der Waals surface area contributed by atoms with Crippen molar-refractivity contribution in [2.75, 3.05) is 0 Å². The molecule has 0 unspecified atom stereocenters. The molecule has 1 aromatic carbocycles. The molecule has 0 aliphatic rings. The lowest BCUT2D eigenvalue weighted by atomic mass is 9.82.